The second-order valence-electron chi connectivity index (χ2n) is 5.46. The summed E-state index contributed by atoms with van der Waals surface area (Å²) in [6, 6.07) is 0. The summed E-state index contributed by atoms with van der Waals surface area (Å²) in [5, 5.41) is 11.6. The first-order valence-corrected chi connectivity index (χ1v) is 6.49. The van der Waals surface area contributed by atoms with Crippen LogP contribution < -0.4 is 5.32 Å². The average Bonchev–Trinajstić information content (AvgIpc) is 2.15. The summed E-state index contributed by atoms with van der Waals surface area (Å²) >= 11 is 0. The van der Waals surface area contributed by atoms with Gasteiger partial charge >= 0.3 is 5.97 Å². The highest BCUT2D eigenvalue weighted by Crippen LogP contribution is 2.23. The molecule has 0 aromatic carbocycles. The molecule has 2 N–H and O–H groups in total. The Labute approximate surface area is 103 Å². The molecule has 0 spiro atoms. The molecule has 0 heterocycles. The summed E-state index contributed by atoms with van der Waals surface area (Å²) in [4.78, 5) is 23.0. The minimum absolute atomic E-state index is 0.00562. The van der Waals surface area contributed by atoms with E-state index in [4.69, 9.17) is 5.11 Å². The van der Waals surface area contributed by atoms with Gasteiger partial charge in [0.2, 0.25) is 5.91 Å². The van der Waals surface area contributed by atoms with E-state index in [-0.39, 0.29) is 11.8 Å². The number of hydrogen-bond acceptors (Lipinski definition) is 2. The van der Waals surface area contributed by atoms with Crippen molar-refractivity contribution in [3.8, 4) is 0 Å². The van der Waals surface area contributed by atoms with Gasteiger partial charge in [-0.3, -0.25) is 4.79 Å². The summed E-state index contributed by atoms with van der Waals surface area (Å²) in [7, 11) is 0. The number of hydrogen-bond donors (Lipinski definition) is 2. The van der Waals surface area contributed by atoms with E-state index < -0.39 is 11.5 Å². The van der Waals surface area contributed by atoms with Crippen LogP contribution >= 0.6 is 0 Å². The van der Waals surface area contributed by atoms with E-state index in [1.165, 1.54) is 33.1 Å². The number of carbonyl (C=O) groups is 2. The maximum absolute atomic E-state index is 12.0. The number of nitrogens with one attached hydrogen (secondary N) is 1. The Kier molecular flexibility index (Phi) is 4.97. The first-order valence-electron chi connectivity index (χ1n) is 6.49. The molecule has 4 heteroatoms. The molecule has 0 atom stereocenters. The predicted octanol–water partition coefficient (Wildman–Crippen LogP) is 2.33. The highest BCUT2D eigenvalue weighted by molar-refractivity contribution is 5.87. The van der Waals surface area contributed by atoms with E-state index >= 15 is 0 Å². The lowest BCUT2D eigenvalue weighted by atomic mass is 9.90. The van der Waals surface area contributed by atoms with Gasteiger partial charge in [0, 0.05) is 5.92 Å². The first kappa shape index (κ1) is 14.0. The largest absolute Gasteiger partial charge is 0.480 e. The molecule has 1 aliphatic carbocycles. The molecule has 1 aliphatic rings. The van der Waals surface area contributed by atoms with Gasteiger partial charge in [0.15, 0.2) is 0 Å². The fourth-order valence-electron chi connectivity index (χ4n) is 2.18. The fourth-order valence-corrected chi connectivity index (χ4v) is 2.18. The molecular weight excluding hydrogens is 218 g/mol. The van der Waals surface area contributed by atoms with Crippen molar-refractivity contribution < 1.29 is 14.7 Å². The number of carboxylic acids is 1. The zero-order valence-electron chi connectivity index (χ0n) is 10.8. The van der Waals surface area contributed by atoms with E-state index in [2.05, 4.69) is 5.32 Å². The number of carboxylic acid groups (broad SMARTS) is 1. The molecular formula is C13H23NO3. The molecule has 0 radical (unpaired) electrons. The smallest absolute Gasteiger partial charge is 0.328 e. The van der Waals surface area contributed by atoms with Crippen LogP contribution in [0.2, 0.25) is 0 Å². The molecule has 17 heavy (non-hydrogen) atoms. The van der Waals surface area contributed by atoms with Gasteiger partial charge in [-0.25, -0.2) is 4.79 Å². The quantitative estimate of drug-likeness (QED) is 0.797. The molecule has 4 nitrogen and oxygen atoms in total. The van der Waals surface area contributed by atoms with Crippen LogP contribution in [0.25, 0.3) is 0 Å². The lowest BCUT2D eigenvalue weighted by molar-refractivity contribution is -0.146. The first-order chi connectivity index (χ1) is 7.93. The SMILES string of the molecule is CC(C)(NC(=O)C1CCCCCCC1)C(=O)O. The summed E-state index contributed by atoms with van der Waals surface area (Å²) in [5.74, 6) is -1.09. The van der Waals surface area contributed by atoms with Crippen LogP contribution in [0.1, 0.15) is 58.8 Å². The van der Waals surface area contributed by atoms with Crippen LogP contribution in [0.3, 0.4) is 0 Å². The van der Waals surface area contributed by atoms with E-state index in [1.807, 2.05) is 0 Å². The molecule has 0 aliphatic heterocycles. The van der Waals surface area contributed by atoms with Crippen LogP contribution in [0, 0.1) is 5.92 Å². The molecule has 98 valence electrons. The summed E-state index contributed by atoms with van der Waals surface area (Å²) in [5.41, 5.74) is -1.17. The molecule has 1 amide bonds. The Morgan fingerprint density at radius 3 is 2.00 bits per heavy atom. The van der Waals surface area contributed by atoms with Crippen molar-refractivity contribution in [1.82, 2.24) is 5.32 Å². The van der Waals surface area contributed by atoms with Crippen molar-refractivity contribution in [3.05, 3.63) is 0 Å². The van der Waals surface area contributed by atoms with E-state index in [9.17, 15) is 9.59 Å². The highest BCUT2D eigenvalue weighted by Gasteiger charge is 2.31. The van der Waals surface area contributed by atoms with Gasteiger partial charge < -0.3 is 10.4 Å². The average molecular weight is 241 g/mol. The van der Waals surface area contributed by atoms with Crippen molar-refractivity contribution in [2.45, 2.75) is 64.3 Å². The van der Waals surface area contributed by atoms with E-state index in [1.54, 1.807) is 0 Å². The second kappa shape index (κ2) is 6.03. The Morgan fingerprint density at radius 1 is 1.06 bits per heavy atom. The third-order valence-electron chi connectivity index (χ3n) is 3.45. The topological polar surface area (TPSA) is 66.4 Å². The van der Waals surface area contributed by atoms with Crippen molar-refractivity contribution >= 4 is 11.9 Å². The molecule has 1 saturated carbocycles. The minimum Gasteiger partial charge on any atom is -0.480 e. The number of rotatable bonds is 3. The molecule has 0 bridgehead atoms. The summed E-state index contributed by atoms with van der Waals surface area (Å²) < 4.78 is 0. The lowest BCUT2D eigenvalue weighted by Crippen LogP contribution is -2.51. The third kappa shape index (κ3) is 4.36. The molecule has 1 rings (SSSR count). The standard InChI is InChI=1S/C13H23NO3/c1-13(2,12(16)17)14-11(15)10-8-6-4-3-5-7-9-10/h10H,3-9H2,1-2H3,(H,14,15)(H,16,17). The van der Waals surface area contributed by atoms with Crippen molar-refractivity contribution in [2.24, 2.45) is 5.92 Å². The predicted molar refractivity (Wildman–Crippen MR) is 65.7 cm³/mol. The van der Waals surface area contributed by atoms with Crippen molar-refractivity contribution in [2.75, 3.05) is 0 Å². The Morgan fingerprint density at radius 2 is 1.53 bits per heavy atom. The zero-order valence-corrected chi connectivity index (χ0v) is 10.8. The Hall–Kier alpha value is -1.06. The molecule has 0 aromatic rings. The van der Waals surface area contributed by atoms with Gasteiger partial charge in [-0.05, 0) is 26.7 Å². The lowest BCUT2D eigenvalue weighted by Gasteiger charge is -2.25. The van der Waals surface area contributed by atoms with E-state index in [0.29, 0.717) is 0 Å². The number of amides is 1. The third-order valence-corrected chi connectivity index (χ3v) is 3.45. The summed E-state index contributed by atoms with van der Waals surface area (Å²) in [6.07, 6.45) is 7.56. The van der Waals surface area contributed by atoms with Gasteiger partial charge in [-0.15, -0.1) is 0 Å². The number of carbonyl (C=O) groups excluding carboxylic acids is 1. The van der Waals surface area contributed by atoms with Gasteiger partial charge in [-0.2, -0.15) is 0 Å². The van der Waals surface area contributed by atoms with Crippen LogP contribution in [0.4, 0.5) is 0 Å². The van der Waals surface area contributed by atoms with Crippen LogP contribution in [-0.4, -0.2) is 22.5 Å². The van der Waals surface area contributed by atoms with Gasteiger partial charge in [0.05, 0.1) is 0 Å². The number of aliphatic carboxylic acids is 1. The Bertz CT molecular complexity index is 278. The van der Waals surface area contributed by atoms with Crippen molar-refractivity contribution in [3.63, 3.8) is 0 Å². The normalized spacial score (nSPS) is 19.2. The molecule has 1 fully saturated rings. The van der Waals surface area contributed by atoms with Crippen molar-refractivity contribution in [1.29, 1.82) is 0 Å². The maximum atomic E-state index is 12.0. The fraction of sp³-hybridized carbons (Fsp3) is 0.846. The molecule has 0 saturated heterocycles. The molecule has 0 unspecified atom stereocenters. The van der Waals surface area contributed by atoms with Gasteiger partial charge in [-0.1, -0.05) is 32.1 Å². The van der Waals surface area contributed by atoms with E-state index in [0.717, 1.165) is 25.7 Å². The zero-order chi connectivity index (χ0) is 12.9. The highest BCUT2D eigenvalue weighted by atomic mass is 16.4. The molecule has 0 aromatic heterocycles. The summed E-state index contributed by atoms with van der Waals surface area (Å²) in [6.45, 7) is 3.05. The van der Waals surface area contributed by atoms with Crippen LogP contribution in [-0.2, 0) is 9.59 Å². The monoisotopic (exact) mass is 241 g/mol. The van der Waals surface area contributed by atoms with Gasteiger partial charge in [0.25, 0.3) is 0 Å². The van der Waals surface area contributed by atoms with Crippen LogP contribution in [0.15, 0.2) is 0 Å². The van der Waals surface area contributed by atoms with Crippen LogP contribution in [0.5, 0.6) is 0 Å². The Balaban J connectivity index is 2.53. The van der Waals surface area contributed by atoms with Gasteiger partial charge in [0.1, 0.15) is 5.54 Å². The second-order valence-corrected chi connectivity index (χ2v) is 5.46. The minimum atomic E-state index is -1.17. The maximum Gasteiger partial charge on any atom is 0.328 e.